The first-order chi connectivity index (χ1) is 16.8. The van der Waals surface area contributed by atoms with Crippen LogP contribution >= 0.6 is 0 Å². The molecule has 0 spiro atoms. The van der Waals surface area contributed by atoms with Crippen LogP contribution in [-0.4, -0.2) is 42.4 Å². The second kappa shape index (κ2) is 9.35. The number of benzene rings is 2. The van der Waals surface area contributed by atoms with Crippen molar-refractivity contribution >= 4 is 35.3 Å². The molecule has 2 N–H and O–H groups in total. The molecule has 0 unspecified atom stereocenters. The van der Waals surface area contributed by atoms with Crippen LogP contribution in [-0.2, 0) is 13.1 Å². The fourth-order valence-corrected chi connectivity index (χ4v) is 3.64. The van der Waals surface area contributed by atoms with E-state index in [0.29, 0.717) is 11.1 Å². The maximum Gasteiger partial charge on any atom is 0.349 e. The van der Waals surface area contributed by atoms with Crippen LogP contribution in [0.4, 0.5) is 22.0 Å². The van der Waals surface area contributed by atoms with Crippen molar-refractivity contribution < 1.29 is 14.6 Å². The molecule has 2 aromatic carbocycles. The van der Waals surface area contributed by atoms with Crippen molar-refractivity contribution in [3.05, 3.63) is 104 Å². The monoisotopic (exact) mass is 474 g/mol. The second-order valence-electron chi connectivity index (χ2n) is 7.41. The Morgan fingerprint density at radius 1 is 1.09 bits per heavy atom. The Labute approximate surface area is 197 Å². The number of rotatable bonds is 8. The number of carbonyl (C=O) groups is 1. The molecule has 0 atom stereocenters. The van der Waals surface area contributed by atoms with Crippen LogP contribution in [0.3, 0.4) is 0 Å². The summed E-state index contributed by atoms with van der Waals surface area (Å²) in [6.07, 6.45) is 2.45. The minimum absolute atomic E-state index is 0.0127. The summed E-state index contributed by atoms with van der Waals surface area (Å²) in [6.45, 7) is 4.03. The molecule has 0 saturated heterocycles. The van der Waals surface area contributed by atoms with E-state index >= 15 is 0 Å². The van der Waals surface area contributed by atoms with Gasteiger partial charge in [0.2, 0.25) is 0 Å². The normalized spacial score (nSPS) is 13.5. The van der Waals surface area contributed by atoms with Crippen LogP contribution in [0.5, 0.6) is 0 Å². The summed E-state index contributed by atoms with van der Waals surface area (Å²) in [5, 5.41) is 22.4. The molecule has 1 aliphatic heterocycles. The predicted octanol–water partition coefficient (Wildman–Crippen LogP) is 3.30. The summed E-state index contributed by atoms with van der Waals surface area (Å²) in [6, 6.07) is 11.5. The molecule has 35 heavy (non-hydrogen) atoms. The predicted molar refractivity (Wildman–Crippen MR) is 126 cm³/mol. The van der Waals surface area contributed by atoms with Crippen molar-refractivity contribution in [3.8, 4) is 0 Å². The minimum atomic E-state index is -0.618. The largest absolute Gasteiger partial charge is 0.390 e. The van der Waals surface area contributed by atoms with Gasteiger partial charge in [-0.2, -0.15) is 4.99 Å². The Morgan fingerprint density at radius 2 is 1.86 bits per heavy atom. The van der Waals surface area contributed by atoms with Crippen LogP contribution < -0.4 is 5.73 Å². The van der Waals surface area contributed by atoms with Crippen molar-refractivity contribution in [3.63, 3.8) is 0 Å². The molecule has 1 aliphatic rings. The molecule has 0 bridgehead atoms. The maximum absolute atomic E-state index is 12.6. The number of hydrogen-bond donors (Lipinski definition) is 1. The highest BCUT2D eigenvalue weighted by Crippen LogP contribution is 2.30. The van der Waals surface area contributed by atoms with E-state index in [9.17, 15) is 25.0 Å². The minimum Gasteiger partial charge on any atom is -0.390 e. The number of aromatic nitrogens is 2. The molecule has 3 aromatic rings. The van der Waals surface area contributed by atoms with Gasteiger partial charge in [0.05, 0.1) is 41.3 Å². The standard InChI is InChI=1S/C22H18N8O5/c1-14-19(26-22(31)28(14)10-15-5-4-7-17(9-15)29(32)33)20-21(24-12-23)27(13-25-20)11-16-6-2-3-8-18(16)30(34)35/h2-9,12-13H,1,10-11H2,(H2,23,24). The Balaban J connectivity index is 1.64. The van der Waals surface area contributed by atoms with Crippen molar-refractivity contribution in [2.45, 2.75) is 13.1 Å². The number of nitro groups is 2. The van der Waals surface area contributed by atoms with E-state index in [4.69, 9.17) is 5.73 Å². The van der Waals surface area contributed by atoms with Crippen LogP contribution in [0, 0.1) is 20.2 Å². The lowest BCUT2D eigenvalue weighted by molar-refractivity contribution is -0.385. The van der Waals surface area contributed by atoms with Gasteiger partial charge in [0.1, 0.15) is 11.4 Å². The van der Waals surface area contributed by atoms with Crippen molar-refractivity contribution in [1.29, 1.82) is 0 Å². The molecule has 13 heteroatoms. The molecule has 13 nitrogen and oxygen atoms in total. The number of nitrogens with two attached hydrogens (primary N) is 1. The van der Waals surface area contributed by atoms with E-state index in [1.54, 1.807) is 28.8 Å². The SMILES string of the molecule is C=C1C(c2ncn(Cc3ccccc3[N+](=O)[O-])c2/N=C\N)=NC(=O)N1Cc1cccc([N+](=O)[O-])c1. The number of urea groups is 1. The molecule has 4 rings (SSSR count). The number of non-ortho nitro benzene ring substituents is 1. The molecular formula is C22H18N8O5. The number of imidazole rings is 1. The van der Waals surface area contributed by atoms with Gasteiger partial charge in [-0.3, -0.25) is 25.1 Å². The average Bonchev–Trinajstić information content (AvgIpc) is 3.34. The van der Waals surface area contributed by atoms with Gasteiger partial charge in [-0.05, 0) is 5.56 Å². The number of nitrogens with zero attached hydrogens (tertiary/aromatic N) is 7. The summed E-state index contributed by atoms with van der Waals surface area (Å²) >= 11 is 0. The van der Waals surface area contributed by atoms with Gasteiger partial charge < -0.3 is 10.3 Å². The lowest BCUT2D eigenvalue weighted by Gasteiger charge is -2.16. The molecule has 0 aliphatic carbocycles. The maximum atomic E-state index is 12.6. The summed E-state index contributed by atoms with van der Waals surface area (Å²) in [4.78, 5) is 47.9. The van der Waals surface area contributed by atoms with Crippen LogP contribution in [0.2, 0.25) is 0 Å². The highest BCUT2D eigenvalue weighted by atomic mass is 16.6. The van der Waals surface area contributed by atoms with Crippen LogP contribution in [0.25, 0.3) is 0 Å². The van der Waals surface area contributed by atoms with Crippen LogP contribution in [0.15, 0.2) is 77.1 Å². The average molecular weight is 474 g/mol. The molecule has 1 aromatic heterocycles. The quantitative estimate of drug-likeness (QED) is 0.225. The third kappa shape index (κ3) is 4.50. The van der Waals surface area contributed by atoms with Gasteiger partial charge >= 0.3 is 6.03 Å². The third-order valence-electron chi connectivity index (χ3n) is 5.26. The van der Waals surface area contributed by atoms with Gasteiger partial charge in [0.25, 0.3) is 11.4 Å². The van der Waals surface area contributed by atoms with Crippen molar-refractivity contribution in [1.82, 2.24) is 14.5 Å². The molecule has 0 saturated carbocycles. The zero-order chi connectivity index (χ0) is 25.1. The molecule has 176 valence electrons. The molecule has 2 heterocycles. The second-order valence-corrected chi connectivity index (χ2v) is 7.41. The number of hydrogen-bond acceptors (Lipinski definition) is 7. The fraction of sp³-hybridized carbons (Fsp3) is 0.0909. The molecule has 0 radical (unpaired) electrons. The van der Waals surface area contributed by atoms with E-state index in [0.717, 1.165) is 6.34 Å². The lowest BCUT2D eigenvalue weighted by atomic mass is 10.1. The first-order valence-corrected chi connectivity index (χ1v) is 10.1. The van der Waals surface area contributed by atoms with E-state index < -0.39 is 15.9 Å². The van der Waals surface area contributed by atoms with E-state index in [2.05, 4.69) is 21.5 Å². The number of allylic oxidation sites excluding steroid dienone is 1. The fourth-order valence-electron chi connectivity index (χ4n) is 3.64. The summed E-state index contributed by atoms with van der Waals surface area (Å²) in [5.41, 5.74) is 6.89. The van der Waals surface area contributed by atoms with Gasteiger partial charge in [0.15, 0.2) is 5.82 Å². The van der Waals surface area contributed by atoms with E-state index in [1.807, 2.05) is 0 Å². The number of amides is 2. The van der Waals surface area contributed by atoms with Crippen molar-refractivity contribution in [2.75, 3.05) is 0 Å². The highest BCUT2D eigenvalue weighted by molar-refractivity contribution is 6.21. The first-order valence-electron chi connectivity index (χ1n) is 10.1. The number of aliphatic imine (C=N–C) groups is 2. The summed E-state index contributed by atoms with van der Waals surface area (Å²) < 4.78 is 1.55. The molecular weight excluding hydrogens is 456 g/mol. The number of nitro benzene ring substituents is 2. The number of carbonyl (C=O) groups excluding carboxylic acids is 1. The van der Waals surface area contributed by atoms with E-state index in [-0.39, 0.29) is 47.4 Å². The van der Waals surface area contributed by atoms with Crippen LogP contribution in [0.1, 0.15) is 16.8 Å². The zero-order valence-electron chi connectivity index (χ0n) is 18.1. The Kier molecular flexibility index (Phi) is 6.14. The smallest absolute Gasteiger partial charge is 0.349 e. The van der Waals surface area contributed by atoms with E-state index in [1.165, 1.54) is 35.5 Å². The Bertz CT molecular complexity index is 1420. The molecule has 2 amide bonds. The summed E-state index contributed by atoms with van der Waals surface area (Å²) in [5.74, 6) is 0.232. The van der Waals surface area contributed by atoms with Gasteiger partial charge in [-0.1, -0.05) is 36.9 Å². The van der Waals surface area contributed by atoms with Gasteiger partial charge in [-0.15, -0.1) is 0 Å². The topological polar surface area (TPSA) is 175 Å². The molecule has 0 fully saturated rings. The number of para-hydroxylation sites is 1. The summed E-state index contributed by atoms with van der Waals surface area (Å²) in [7, 11) is 0. The Hall–Kier alpha value is -5.20. The first kappa shape index (κ1) is 23.0. The Morgan fingerprint density at radius 3 is 2.57 bits per heavy atom. The van der Waals surface area contributed by atoms with Gasteiger partial charge in [0, 0.05) is 23.8 Å². The third-order valence-corrected chi connectivity index (χ3v) is 5.26. The zero-order valence-corrected chi connectivity index (χ0v) is 18.1. The van der Waals surface area contributed by atoms with Gasteiger partial charge in [-0.25, -0.2) is 14.8 Å². The van der Waals surface area contributed by atoms with Crippen molar-refractivity contribution in [2.24, 2.45) is 15.7 Å². The lowest BCUT2D eigenvalue weighted by Crippen LogP contribution is -2.23. The highest BCUT2D eigenvalue weighted by Gasteiger charge is 2.32.